The molecular weight excluding hydrogens is 244 g/mol. The molecule has 4 nitrogen and oxygen atoms in total. The standard InChI is InChI=1S/C13H20N4S/c1-5-17-8-14-6-11(17)12(15-9(2)3)13-16-10(4)7-18-13/h6-9,12,15H,5H2,1-4H3. The Morgan fingerprint density at radius 3 is 2.78 bits per heavy atom. The lowest BCUT2D eigenvalue weighted by Crippen LogP contribution is -2.30. The van der Waals surface area contributed by atoms with Crippen LogP contribution in [0.15, 0.2) is 17.9 Å². The molecular formula is C13H20N4S. The third kappa shape index (κ3) is 2.79. The second-order valence-electron chi connectivity index (χ2n) is 4.69. The zero-order valence-electron chi connectivity index (χ0n) is 11.3. The van der Waals surface area contributed by atoms with Crippen molar-refractivity contribution in [2.75, 3.05) is 0 Å². The molecule has 0 aliphatic heterocycles. The van der Waals surface area contributed by atoms with Crippen molar-refractivity contribution in [3.05, 3.63) is 34.3 Å². The van der Waals surface area contributed by atoms with Gasteiger partial charge in [0.1, 0.15) is 11.0 Å². The molecule has 0 aromatic carbocycles. The van der Waals surface area contributed by atoms with Crippen molar-refractivity contribution < 1.29 is 0 Å². The van der Waals surface area contributed by atoms with Gasteiger partial charge in [0.2, 0.25) is 0 Å². The van der Waals surface area contributed by atoms with Crippen LogP contribution in [0.5, 0.6) is 0 Å². The number of aromatic nitrogens is 3. The van der Waals surface area contributed by atoms with E-state index in [-0.39, 0.29) is 6.04 Å². The molecule has 2 rings (SSSR count). The van der Waals surface area contributed by atoms with Gasteiger partial charge in [-0.2, -0.15) is 0 Å². The van der Waals surface area contributed by atoms with Gasteiger partial charge in [0, 0.05) is 23.7 Å². The van der Waals surface area contributed by atoms with Crippen molar-refractivity contribution in [2.24, 2.45) is 0 Å². The number of imidazole rings is 1. The van der Waals surface area contributed by atoms with Crippen molar-refractivity contribution in [2.45, 2.75) is 46.3 Å². The fraction of sp³-hybridized carbons (Fsp3) is 0.538. The van der Waals surface area contributed by atoms with Gasteiger partial charge >= 0.3 is 0 Å². The van der Waals surface area contributed by atoms with Crippen LogP contribution in [0.2, 0.25) is 0 Å². The van der Waals surface area contributed by atoms with E-state index in [4.69, 9.17) is 0 Å². The molecule has 0 saturated carbocycles. The molecule has 0 fully saturated rings. The summed E-state index contributed by atoms with van der Waals surface area (Å²) in [6.07, 6.45) is 3.81. The molecule has 0 spiro atoms. The molecule has 2 aromatic heterocycles. The normalized spacial score (nSPS) is 13.2. The molecule has 0 amide bonds. The molecule has 5 heteroatoms. The Morgan fingerprint density at radius 2 is 2.22 bits per heavy atom. The first kappa shape index (κ1) is 13.2. The summed E-state index contributed by atoms with van der Waals surface area (Å²) in [4.78, 5) is 8.86. The molecule has 0 aliphatic carbocycles. The molecule has 2 aromatic rings. The molecule has 1 unspecified atom stereocenters. The maximum atomic E-state index is 4.61. The van der Waals surface area contributed by atoms with Crippen molar-refractivity contribution in [3.8, 4) is 0 Å². The van der Waals surface area contributed by atoms with E-state index >= 15 is 0 Å². The fourth-order valence-corrected chi connectivity index (χ4v) is 2.82. The Bertz CT molecular complexity index is 501. The Hall–Kier alpha value is -1.20. The van der Waals surface area contributed by atoms with Gasteiger partial charge in [0.25, 0.3) is 0 Å². The number of nitrogens with one attached hydrogen (secondary N) is 1. The number of hydrogen-bond acceptors (Lipinski definition) is 4. The number of aryl methyl sites for hydroxylation is 2. The minimum absolute atomic E-state index is 0.131. The number of hydrogen-bond donors (Lipinski definition) is 1. The van der Waals surface area contributed by atoms with Gasteiger partial charge in [-0.1, -0.05) is 0 Å². The van der Waals surface area contributed by atoms with Crippen molar-refractivity contribution in [1.29, 1.82) is 0 Å². The molecule has 2 heterocycles. The molecule has 0 radical (unpaired) electrons. The lowest BCUT2D eigenvalue weighted by atomic mass is 10.2. The average Bonchev–Trinajstić information content (AvgIpc) is 2.93. The first-order chi connectivity index (χ1) is 8.61. The van der Waals surface area contributed by atoms with Crippen LogP contribution < -0.4 is 5.32 Å². The first-order valence-electron chi connectivity index (χ1n) is 6.30. The lowest BCUT2D eigenvalue weighted by Gasteiger charge is -2.20. The Morgan fingerprint density at radius 1 is 1.44 bits per heavy atom. The molecule has 0 saturated heterocycles. The third-order valence-corrected chi connectivity index (χ3v) is 3.79. The summed E-state index contributed by atoms with van der Waals surface area (Å²) >= 11 is 1.70. The summed E-state index contributed by atoms with van der Waals surface area (Å²) in [6, 6.07) is 0.533. The summed E-state index contributed by atoms with van der Waals surface area (Å²) in [6.45, 7) is 9.39. The largest absolute Gasteiger partial charge is 0.333 e. The van der Waals surface area contributed by atoms with E-state index in [0.717, 1.165) is 17.2 Å². The Labute approximate surface area is 112 Å². The quantitative estimate of drug-likeness (QED) is 0.903. The van der Waals surface area contributed by atoms with Crippen LogP contribution in [0.3, 0.4) is 0 Å². The second-order valence-corrected chi connectivity index (χ2v) is 5.58. The zero-order chi connectivity index (χ0) is 13.1. The van der Waals surface area contributed by atoms with Crippen molar-refractivity contribution >= 4 is 11.3 Å². The highest BCUT2D eigenvalue weighted by Crippen LogP contribution is 2.25. The van der Waals surface area contributed by atoms with E-state index in [1.807, 2.05) is 19.4 Å². The zero-order valence-corrected chi connectivity index (χ0v) is 12.2. The summed E-state index contributed by atoms with van der Waals surface area (Å²) in [5.41, 5.74) is 2.26. The molecule has 0 bridgehead atoms. The van der Waals surface area contributed by atoms with E-state index in [0.29, 0.717) is 6.04 Å². The monoisotopic (exact) mass is 264 g/mol. The van der Waals surface area contributed by atoms with Gasteiger partial charge in [0.05, 0.1) is 18.2 Å². The SMILES string of the molecule is CCn1cncc1C(NC(C)C)c1nc(C)cs1. The molecule has 1 atom stereocenters. The highest BCUT2D eigenvalue weighted by atomic mass is 32.1. The fourth-order valence-electron chi connectivity index (χ4n) is 1.96. The van der Waals surface area contributed by atoms with E-state index in [1.54, 1.807) is 11.3 Å². The van der Waals surface area contributed by atoms with Gasteiger partial charge in [0.15, 0.2) is 0 Å². The smallest absolute Gasteiger partial charge is 0.116 e. The number of rotatable bonds is 5. The van der Waals surface area contributed by atoms with E-state index in [9.17, 15) is 0 Å². The van der Waals surface area contributed by atoms with E-state index < -0.39 is 0 Å². The maximum Gasteiger partial charge on any atom is 0.116 e. The summed E-state index contributed by atoms with van der Waals surface area (Å²) in [5, 5.41) is 6.78. The van der Waals surface area contributed by atoms with Gasteiger partial charge < -0.3 is 9.88 Å². The van der Waals surface area contributed by atoms with Crippen molar-refractivity contribution in [1.82, 2.24) is 19.9 Å². The minimum atomic E-state index is 0.131. The molecule has 18 heavy (non-hydrogen) atoms. The predicted molar refractivity (Wildman–Crippen MR) is 74.9 cm³/mol. The highest BCUT2D eigenvalue weighted by molar-refractivity contribution is 7.09. The van der Waals surface area contributed by atoms with Crippen LogP contribution in [0.4, 0.5) is 0 Å². The molecule has 1 N–H and O–H groups in total. The van der Waals surface area contributed by atoms with Crippen LogP contribution >= 0.6 is 11.3 Å². The summed E-state index contributed by atoms with van der Waals surface area (Å²) in [5.74, 6) is 0. The molecule has 98 valence electrons. The van der Waals surface area contributed by atoms with Crippen LogP contribution in [0, 0.1) is 6.92 Å². The van der Waals surface area contributed by atoms with E-state index in [1.165, 1.54) is 5.69 Å². The summed E-state index contributed by atoms with van der Waals surface area (Å²) in [7, 11) is 0. The Balaban J connectivity index is 2.36. The average molecular weight is 264 g/mol. The maximum absolute atomic E-state index is 4.61. The molecule has 0 aliphatic rings. The van der Waals surface area contributed by atoms with Gasteiger partial charge in [-0.25, -0.2) is 9.97 Å². The number of thiazole rings is 1. The van der Waals surface area contributed by atoms with Crippen LogP contribution in [-0.4, -0.2) is 20.6 Å². The van der Waals surface area contributed by atoms with Crippen LogP contribution in [0.25, 0.3) is 0 Å². The summed E-state index contributed by atoms with van der Waals surface area (Å²) < 4.78 is 2.16. The van der Waals surface area contributed by atoms with Crippen LogP contribution in [-0.2, 0) is 6.54 Å². The van der Waals surface area contributed by atoms with Gasteiger partial charge in [-0.15, -0.1) is 11.3 Å². The van der Waals surface area contributed by atoms with Crippen molar-refractivity contribution in [3.63, 3.8) is 0 Å². The van der Waals surface area contributed by atoms with Gasteiger partial charge in [-0.05, 0) is 27.7 Å². The third-order valence-electron chi connectivity index (χ3n) is 2.76. The number of nitrogens with zero attached hydrogens (tertiary/aromatic N) is 3. The minimum Gasteiger partial charge on any atom is -0.333 e. The predicted octanol–water partition coefficient (Wildman–Crippen LogP) is 2.76. The first-order valence-corrected chi connectivity index (χ1v) is 7.17. The van der Waals surface area contributed by atoms with Crippen LogP contribution in [0.1, 0.15) is 43.2 Å². The van der Waals surface area contributed by atoms with Gasteiger partial charge in [-0.3, -0.25) is 0 Å². The Kier molecular flexibility index (Phi) is 4.14. The topological polar surface area (TPSA) is 42.7 Å². The van der Waals surface area contributed by atoms with E-state index in [2.05, 4.69) is 46.0 Å². The lowest BCUT2D eigenvalue weighted by molar-refractivity contribution is 0.500. The highest BCUT2D eigenvalue weighted by Gasteiger charge is 2.21. The second kappa shape index (κ2) is 5.63.